The van der Waals surface area contributed by atoms with E-state index >= 15 is 0 Å². The van der Waals surface area contributed by atoms with Crippen LogP contribution in [0.2, 0.25) is 0 Å². The van der Waals surface area contributed by atoms with Crippen molar-refractivity contribution >= 4 is 11.6 Å². The van der Waals surface area contributed by atoms with E-state index in [0.29, 0.717) is 6.42 Å². The lowest BCUT2D eigenvalue weighted by Gasteiger charge is -2.12. The zero-order valence-corrected chi connectivity index (χ0v) is 5.54. The quantitative estimate of drug-likeness (QED) is 0.400. The Hall–Kier alpha value is -0.110. The highest BCUT2D eigenvalue weighted by molar-refractivity contribution is 6.22. The molecule has 0 aromatic rings. The van der Waals surface area contributed by atoms with Crippen LogP contribution in [0.25, 0.3) is 0 Å². The number of hydrogen-bond donors (Lipinski definition) is 0. The fourth-order valence-corrected chi connectivity index (χ4v) is 1.09. The first-order valence-corrected chi connectivity index (χ1v) is 3.22. The minimum absolute atomic E-state index is 0.483. The van der Waals surface area contributed by atoms with Crippen LogP contribution < -0.4 is 0 Å². The van der Waals surface area contributed by atoms with E-state index in [2.05, 4.69) is 0 Å². The van der Waals surface area contributed by atoms with E-state index < -0.39 is 11.3 Å². The molecule has 0 bridgehead atoms. The van der Waals surface area contributed by atoms with Gasteiger partial charge in [0.15, 0.2) is 0 Å². The molecule has 52 valence electrons. The summed E-state index contributed by atoms with van der Waals surface area (Å²) in [5.41, 5.74) is 0. The number of alkyl halides is 3. The molecule has 1 aliphatic rings. The van der Waals surface area contributed by atoms with Gasteiger partial charge in [-0.15, -0.1) is 0 Å². The third-order valence-electron chi connectivity index (χ3n) is 1.43. The van der Waals surface area contributed by atoms with Crippen LogP contribution in [0, 0.1) is 5.92 Å². The summed E-state index contributed by atoms with van der Waals surface area (Å²) in [5.74, 6) is -0.737. The highest BCUT2D eigenvalue weighted by Gasteiger charge is 2.35. The van der Waals surface area contributed by atoms with Crippen molar-refractivity contribution in [2.45, 2.75) is 18.2 Å². The van der Waals surface area contributed by atoms with E-state index in [4.69, 9.17) is 11.6 Å². The van der Waals surface area contributed by atoms with Gasteiger partial charge in [0.05, 0.1) is 5.92 Å². The summed E-state index contributed by atoms with van der Waals surface area (Å²) >= 11 is 4.75. The number of rotatable bonds is 1. The Kier molecular flexibility index (Phi) is 1.75. The van der Waals surface area contributed by atoms with Gasteiger partial charge >= 0.3 is 5.38 Å². The predicted molar refractivity (Wildman–Crippen MR) is 32.7 cm³/mol. The smallest absolute Gasteiger partial charge is 0.188 e. The molecule has 0 N–H and O–H groups in total. The third-order valence-corrected chi connectivity index (χ3v) is 1.71. The number of halogens is 3. The van der Waals surface area contributed by atoms with Gasteiger partial charge in [0.2, 0.25) is 0 Å². The molecule has 3 heteroatoms. The van der Waals surface area contributed by atoms with Crippen LogP contribution in [-0.2, 0) is 0 Å². The van der Waals surface area contributed by atoms with Gasteiger partial charge in [-0.2, -0.15) is 8.78 Å². The summed E-state index contributed by atoms with van der Waals surface area (Å²) in [5, 5.41) is -3.03. The monoisotopic (exact) mass is 152 g/mol. The first kappa shape index (κ1) is 7.00. The second-order valence-electron chi connectivity index (χ2n) is 2.15. The van der Waals surface area contributed by atoms with Gasteiger partial charge in [-0.1, -0.05) is 12.2 Å². The Morgan fingerprint density at radius 2 is 2.22 bits per heavy atom. The number of allylic oxidation sites excluding steroid dienone is 2. The SMILES string of the molecule is FC(F)(Cl)C1C=CCC1. The van der Waals surface area contributed by atoms with Crippen molar-refractivity contribution in [2.24, 2.45) is 5.92 Å². The maximum absolute atomic E-state index is 12.1. The molecule has 0 saturated heterocycles. The van der Waals surface area contributed by atoms with Gasteiger partial charge in [-0.25, -0.2) is 0 Å². The molecule has 0 nitrogen and oxygen atoms in total. The minimum Gasteiger partial charge on any atom is -0.188 e. The molecule has 0 aliphatic heterocycles. The van der Waals surface area contributed by atoms with Crippen molar-refractivity contribution in [3.63, 3.8) is 0 Å². The van der Waals surface area contributed by atoms with Gasteiger partial charge < -0.3 is 0 Å². The molecule has 1 atom stereocenters. The summed E-state index contributed by atoms with van der Waals surface area (Å²) in [6.07, 6.45) is 4.43. The van der Waals surface area contributed by atoms with Gasteiger partial charge in [0.1, 0.15) is 0 Å². The first-order valence-electron chi connectivity index (χ1n) is 2.84. The van der Waals surface area contributed by atoms with Crippen molar-refractivity contribution in [3.05, 3.63) is 12.2 Å². The Bertz CT molecular complexity index is 126. The van der Waals surface area contributed by atoms with Crippen molar-refractivity contribution < 1.29 is 8.78 Å². The van der Waals surface area contributed by atoms with Crippen LogP contribution in [0.1, 0.15) is 12.8 Å². The van der Waals surface area contributed by atoms with Crippen LogP contribution in [-0.4, -0.2) is 5.38 Å². The molecule has 1 unspecified atom stereocenters. The molecular formula is C6H7ClF2. The van der Waals surface area contributed by atoms with Crippen molar-refractivity contribution in [1.29, 1.82) is 0 Å². The van der Waals surface area contributed by atoms with Gasteiger partial charge in [-0.3, -0.25) is 0 Å². The summed E-state index contributed by atoms with van der Waals surface area (Å²) in [6, 6.07) is 0. The van der Waals surface area contributed by atoms with Gasteiger partial charge in [0.25, 0.3) is 0 Å². The lowest BCUT2D eigenvalue weighted by molar-refractivity contribution is 0.0500. The molecule has 0 radical (unpaired) electrons. The number of hydrogen-bond acceptors (Lipinski definition) is 0. The van der Waals surface area contributed by atoms with Crippen LogP contribution in [0.5, 0.6) is 0 Å². The Labute approximate surface area is 57.5 Å². The van der Waals surface area contributed by atoms with Crippen LogP contribution in [0.4, 0.5) is 8.78 Å². The highest BCUT2D eigenvalue weighted by Crippen LogP contribution is 2.36. The molecule has 0 spiro atoms. The van der Waals surface area contributed by atoms with E-state index in [1.165, 1.54) is 6.08 Å². The highest BCUT2D eigenvalue weighted by atomic mass is 35.5. The van der Waals surface area contributed by atoms with E-state index in [-0.39, 0.29) is 0 Å². The molecule has 0 fully saturated rings. The third kappa shape index (κ3) is 1.65. The lowest BCUT2D eigenvalue weighted by Crippen LogP contribution is -2.16. The summed E-state index contributed by atoms with van der Waals surface area (Å²) in [7, 11) is 0. The molecule has 0 heterocycles. The zero-order valence-electron chi connectivity index (χ0n) is 4.78. The van der Waals surface area contributed by atoms with Crippen LogP contribution in [0.15, 0.2) is 12.2 Å². The maximum atomic E-state index is 12.1. The predicted octanol–water partition coefficient (Wildman–Crippen LogP) is 2.78. The van der Waals surface area contributed by atoms with E-state index in [9.17, 15) is 8.78 Å². The largest absolute Gasteiger partial charge is 0.327 e. The van der Waals surface area contributed by atoms with E-state index in [0.717, 1.165) is 6.42 Å². The maximum Gasteiger partial charge on any atom is 0.327 e. The topological polar surface area (TPSA) is 0 Å². The van der Waals surface area contributed by atoms with E-state index in [1.54, 1.807) is 6.08 Å². The molecular weight excluding hydrogens is 146 g/mol. The summed E-state index contributed by atoms with van der Waals surface area (Å²) < 4.78 is 24.3. The van der Waals surface area contributed by atoms with E-state index in [1.807, 2.05) is 0 Å². The summed E-state index contributed by atoms with van der Waals surface area (Å²) in [4.78, 5) is 0. The standard InChI is InChI=1S/C6H7ClF2/c7-6(8,9)5-3-1-2-4-5/h1,3,5H,2,4H2. The van der Waals surface area contributed by atoms with Crippen LogP contribution >= 0.6 is 11.6 Å². The van der Waals surface area contributed by atoms with Gasteiger partial charge in [-0.05, 0) is 24.4 Å². The second-order valence-corrected chi connectivity index (χ2v) is 2.66. The average molecular weight is 153 g/mol. The molecule has 0 saturated carbocycles. The molecule has 1 aliphatic carbocycles. The molecule has 0 aromatic heterocycles. The Morgan fingerprint density at radius 1 is 1.56 bits per heavy atom. The lowest BCUT2D eigenvalue weighted by atomic mass is 10.1. The Balaban J connectivity index is 2.53. The van der Waals surface area contributed by atoms with Crippen molar-refractivity contribution in [1.82, 2.24) is 0 Å². The molecule has 1 rings (SSSR count). The van der Waals surface area contributed by atoms with Crippen molar-refractivity contribution in [3.8, 4) is 0 Å². The minimum atomic E-state index is -3.03. The fourth-order valence-electron chi connectivity index (χ4n) is 0.905. The second kappa shape index (κ2) is 2.25. The average Bonchev–Trinajstić information content (AvgIpc) is 2.08. The molecule has 0 aromatic carbocycles. The summed E-state index contributed by atoms with van der Waals surface area (Å²) in [6.45, 7) is 0. The Morgan fingerprint density at radius 3 is 2.44 bits per heavy atom. The normalized spacial score (nSPS) is 27.2. The van der Waals surface area contributed by atoms with Gasteiger partial charge in [0, 0.05) is 0 Å². The first-order chi connectivity index (χ1) is 4.11. The fraction of sp³-hybridized carbons (Fsp3) is 0.667. The molecule has 9 heavy (non-hydrogen) atoms. The van der Waals surface area contributed by atoms with Crippen molar-refractivity contribution in [2.75, 3.05) is 0 Å². The zero-order chi connectivity index (χ0) is 6.91. The van der Waals surface area contributed by atoms with Crippen LogP contribution in [0.3, 0.4) is 0 Å². The molecule has 0 amide bonds.